The van der Waals surface area contributed by atoms with Crippen molar-refractivity contribution >= 4 is 17.6 Å². The maximum absolute atomic E-state index is 4.65. The standard InChI is InChI=1S/C20H23N5/c1-13(2)21-19-23-18(17-14(3)9-8-10-15(17)4)24-20(25-19)22-16-11-6-5-7-12-16/h5-13H,1-4H3,(H2,21,22,23,24,25). The topological polar surface area (TPSA) is 62.7 Å². The van der Waals surface area contributed by atoms with E-state index in [1.807, 2.05) is 36.4 Å². The Labute approximate surface area is 148 Å². The Kier molecular flexibility index (Phi) is 4.93. The van der Waals surface area contributed by atoms with Gasteiger partial charge in [-0.05, 0) is 51.0 Å². The largest absolute Gasteiger partial charge is 0.352 e. The van der Waals surface area contributed by atoms with Crippen LogP contribution in [0.15, 0.2) is 48.5 Å². The number of aryl methyl sites for hydroxylation is 2. The molecule has 0 aliphatic rings. The molecule has 0 unspecified atom stereocenters. The molecule has 3 rings (SSSR count). The van der Waals surface area contributed by atoms with Crippen molar-refractivity contribution in [2.24, 2.45) is 0 Å². The van der Waals surface area contributed by atoms with Crippen molar-refractivity contribution in [1.82, 2.24) is 15.0 Å². The summed E-state index contributed by atoms with van der Waals surface area (Å²) in [6.45, 7) is 8.28. The highest BCUT2D eigenvalue weighted by Crippen LogP contribution is 2.26. The van der Waals surface area contributed by atoms with Gasteiger partial charge in [0.2, 0.25) is 11.9 Å². The third-order valence-electron chi connectivity index (χ3n) is 3.79. The molecule has 0 atom stereocenters. The molecule has 0 spiro atoms. The van der Waals surface area contributed by atoms with Crippen LogP contribution in [-0.4, -0.2) is 21.0 Å². The van der Waals surface area contributed by atoms with Gasteiger partial charge in [0, 0.05) is 17.3 Å². The number of nitrogens with zero attached hydrogens (tertiary/aromatic N) is 3. The number of hydrogen-bond donors (Lipinski definition) is 2. The molecule has 0 amide bonds. The molecule has 2 N–H and O–H groups in total. The van der Waals surface area contributed by atoms with E-state index in [1.54, 1.807) is 0 Å². The molecule has 0 radical (unpaired) electrons. The number of rotatable bonds is 5. The van der Waals surface area contributed by atoms with Crippen LogP contribution in [0, 0.1) is 13.8 Å². The van der Waals surface area contributed by atoms with E-state index in [0.29, 0.717) is 17.7 Å². The zero-order chi connectivity index (χ0) is 17.8. The molecule has 0 saturated carbocycles. The lowest BCUT2D eigenvalue weighted by atomic mass is 10.0. The van der Waals surface area contributed by atoms with E-state index in [0.717, 1.165) is 22.4 Å². The summed E-state index contributed by atoms with van der Waals surface area (Å²) in [4.78, 5) is 13.8. The fourth-order valence-corrected chi connectivity index (χ4v) is 2.68. The quantitative estimate of drug-likeness (QED) is 0.707. The van der Waals surface area contributed by atoms with Crippen LogP contribution in [0.2, 0.25) is 0 Å². The number of nitrogens with one attached hydrogen (secondary N) is 2. The minimum atomic E-state index is 0.234. The van der Waals surface area contributed by atoms with Crippen LogP contribution in [-0.2, 0) is 0 Å². The van der Waals surface area contributed by atoms with Gasteiger partial charge in [-0.2, -0.15) is 15.0 Å². The van der Waals surface area contributed by atoms with Gasteiger partial charge in [-0.25, -0.2) is 0 Å². The first kappa shape index (κ1) is 16.9. The van der Waals surface area contributed by atoms with Crippen molar-refractivity contribution in [3.05, 3.63) is 59.7 Å². The van der Waals surface area contributed by atoms with Crippen molar-refractivity contribution in [2.45, 2.75) is 33.7 Å². The minimum absolute atomic E-state index is 0.234. The third-order valence-corrected chi connectivity index (χ3v) is 3.79. The van der Waals surface area contributed by atoms with Gasteiger partial charge < -0.3 is 10.6 Å². The van der Waals surface area contributed by atoms with Gasteiger partial charge in [-0.1, -0.05) is 36.4 Å². The summed E-state index contributed by atoms with van der Waals surface area (Å²) >= 11 is 0. The van der Waals surface area contributed by atoms with Gasteiger partial charge in [0.05, 0.1) is 0 Å². The highest BCUT2D eigenvalue weighted by atomic mass is 15.2. The van der Waals surface area contributed by atoms with E-state index >= 15 is 0 Å². The van der Waals surface area contributed by atoms with Crippen LogP contribution in [0.4, 0.5) is 17.6 Å². The molecule has 1 heterocycles. The highest BCUT2D eigenvalue weighted by Gasteiger charge is 2.13. The molecule has 5 nitrogen and oxygen atoms in total. The minimum Gasteiger partial charge on any atom is -0.352 e. The second kappa shape index (κ2) is 7.30. The van der Waals surface area contributed by atoms with Crippen molar-refractivity contribution in [2.75, 3.05) is 10.6 Å². The first-order chi connectivity index (χ1) is 12.0. The Morgan fingerprint density at radius 1 is 0.760 bits per heavy atom. The van der Waals surface area contributed by atoms with E-state index in [1.165, 1.54) is 0 Å². The Morgan fingerprint density at radius 2 is 1.40 bits per heavy atom. The molecule has 128 valence electrons. The maximum atomic E-state index is 4.65. The molecule has 25 heavy (non-hydrogen) atoms. The monoisotopic (exact) mass is 333 g/mol. The van der Waals surface area contributed by atoms with Crippen LogP contribution in [0.5, 0.6) is 0 Å². The van der Waals surface area contributed by atoms with Gasteiger partial charge >= 0.3 is 0 Å². The molecule has 0 aliphatic heterocycles. The molecule has 3 aromatic rings. The first-order valence-electron chi connectivity index (χ1n) is 8.44. The molecule has 5 heteroatoms. The van der Waals surface area contributed by atoms with E-state index in [2.05, 4.69) is 65.4 Å². The Bertz CT molecular complexity index is 839. The molecular formula is C20H23N5. The molecule has 0 saturated heterocycles. The smallest absolute Gasteiger partial charge is 0.232 e. The van der Waals surface area contributed by atoms with Gasteiger partial charge in [-0.15, -0.1) is 0 Å². The summed E-state index contributed by atoms with van der Waals surface area (Å²) in [5.74, 6) is 1.77. The van der Waals surface area contributed by atoms with Gasteiger partial charge in [0.1, 0.15) is 0 Å². The molecule has 0 bridgehead atoms. The number of hydrogen-bond acceptors (Lipinski definition) is 5. The number of benzene rings is 2. The van der Waals surface area contributed by atoms with Crippen LogP contribution in [0.1, 0.15) is 25.0 Å². The van der Waals surface area contributed by atoms with Gasteiger partial charge in [0.25, 0.3) is 0 Å². The Morgan fingerprint density at radius 3 is 2.04 bits per heavy atom. The van der Waals surface area contributed by atoms with E-state index in [4.69, 9.17) is 0 Å². The van der Waals surface area contributed by atoms with Crippen molar-refractivity contribution in [3.63, 3.8) is 0 Å². The van der Waals surface area contributed by atoms with Gasteiger partial charge in [-0.3, -0.25) is 0 Å². The van der Waals surface area contributed by atoms with Crippen molar-refractivity contribution in [1.29, 1.82) is 0 Å². The van der Waals surface area contributed by atoms with E-state index in [-0.39, 0.29) is 6.04 Å². The normalized spacial score (nSPS) is 10.8. The predicted molar refractivity (Wildman–Crippen MR) is 103 cm³/mol. The maximum Gasteiger partial charge on any atom is 0.232 e. The Hall–Kier alpha value is -2.95. The molecule has 1 aromatic heterocycles. The summed E-state index contributed by atoms with van der Waals surface area (Å²) in [5, 5.41) is 6.54. The van der Waals surface area contributed by atoms with Crippen LogP contribution in [0.25, 0.3) is 11.4 Å². The first-order valence-corrected chi connectivity index (χ1v) is 8.44. The lowest BCUT2D eigenvalue weighted by Crippen LogP contribution is -2.14. The fourth-order valence-electron chi connectivity index (χ4n) is 2.68. The average Bonchev–Trinajstić information content (AvgIpc) is 2.55. The molecule has 0 aliphatic carbocycles. The van der Waals surface area contributed by atoms with Crippen LogP contribution >= 0.6 is 0 Å². The second-order valence-electron chi connectivity index (χ2n) is 6.36. The lowest BCUT2D eigenvalue weighted by molar-refractivity contribution is 0.869. The van der Waals surface area contributed by atoms with E-state index in [9.17, 15) is 0 Å². The zero-order valence-electron chi connectivity index (χ0n) is 15.0. The summed E-state index contributed by atoms with van der Waals surface area (Å²) < 4.78 is 0. The fraction of sp³-hybridized carbons (Fsp3) is 0.250. The van der Waals surface area contributed by atoms with Crippen molar-refractivity contribution < 1.29 is 0 Å². The average molecular weight is 333 g/mol. The molecule has 0 fully saturated rings. The lowest BCUT2D eigenvalue weighted by Gasteiger charge is -2.14. The summed E-state index contributed by atoms with van der Waals surface area (Å²) in [5.41, 5.74) is 4.28. The summed E-state index contributed by atoms with van der Waals surface area (Å²) in [6, 6.07) is 16.3. The molecular weight excluding hydrogens is 310 g/mol. The highest BCUT2D eigenvalue weighted by molar-refractivity contribution is 5.67. The summed E-state index contributed by atoms with van der Waals surface area (Å²) in [6.07, 6.45) is 0. The predicted octanol–water partition coefficient (Wildman–Crippen LogP) is 4.72. The van der Waals surface area contributed by atoms with Crippen LogP contribution in [0.3, 0.4) is 0 Å². The van der Waals surface area contributed by atoms with Crippen LogP contribution < -0.4 is 10.6 Å². The Balaban J connectivity index is 2.07. The SMILES string of the molecule is Cc1cccc(C)c1-c1nc(Nc2ccccc2)nc(NC(C)C)n1. The molecule has 2 aromatic carbocycles. The van der Waals surface area contributed by atoms with E-state index < -0.39 is 0 Å². The summed E-state index contributed by atoms with van der Waals surface area (Å²) in [7, 11) is 0. The number of anilines is 3. The van der Waals surface area contributed by atoms with Gasteiger partial charge in [0.15, 0.2) is 5.82 Å². The zero-order valence-corrected chi connectivity index (χ0v) is 15.0. The van der Waals surface area contributed by atoms with Crippen molar-refractivity contribution in [3.8, 4) is 11.4 Å². The second-order valence-corrected chi connectivity index (χ2v) is 6.36. The number of aromatic nitrogens is 3. The number of para-hydroxylation sites is 1. The third kappa shape index (κ3) is 4.12.